The van der Waals surface area contributed by atoms with E-state index in [-0.39, 0.29) is 0 Å². The third-order valence-corrected chi connectivity index (χ3v) is 1.01. The second kappa shape index (κ2) is 4.45. The zero-order chi connectivity index (χ0) is 8.91. The van der Waals surface area contributed by atoms with Crippen molar-refractivity contribution >= 4 is 0 Å². The van der Waals surface area contributed by atoms with E-state index in [1.807, 2.05) is 0 Å². The van der Waals surface area contributed by atoms with Crippen LogP contribution in [0.3, 0.4) is 0 Å². The van der Waals surface area contributed by atoms with Gasteiger partial charge in [-0.05, 0) is 6.08 Å². The highest BCUT2D eigenvalue weighted by molar-refractivity contribution is 4.98. The summed E-state index contributed by atoms with van der Waals surface area (Å²) in [7, 11) is -4.58. The molecule has 0 heterocycles. The minimum absolute atomic E-state index is 0.954. The molecule has 1 unspecified atom stereocenters. The molecule has 0 saturated heterocycles. The fraction of sp³-hybridized carbons (Fsp3) is 0.200. The second-order valence-corrected chi connectivity index (χ2v) is 2.41. The van der Waals surface area contributed by atoms with Crippen molar-refractivity contribution in [2.24, 2.45) is 0 Å². The van der Waals surface area contributed by atoms with Crippen molar-refractivity contribution in [1.29, 1.82) is 0 Å². The van der Waals surface area contributed by atoms with E-state index < -0.39 is 16.5 Å². The van der Waals surface area contributed by atoms with Crippen LogP contribution in [0.1, 0.15) is 0 Å². The van der Waals surface area contributed by atoms with Gasteiger partial charge < -0.3 is 5.11 Å². The van der Waals surface area contributed by atoms with Crippen LogP contribution in [0, 0.1) is 10.2 Å². The number of allylic oxidation sites excluding steroid dienone is 2. The molecular formula is C5H7ClO5. The van der Waals surface area contributed by atoms with Gasteiger partial charge in [-0.3, -0.25) is 0 Å². The molecule has 1 N–H and O–H groups in total. The zero-order valence-corrected chi connectivity index (χ0v) is 6.23. The highest BCUT2D eigenvalue weighted by Crippen LogP contribution is 1.96. The lowest BCUT2D eigenvalue weighted by atomic mass is 10.5. The highest BCUT2D eigenvalue weighted by Gasteiger charge is 2.23. The van der Waals surface area contributed by atoms with E-state index in [0.29, 0.717) is 0 Å². The van der Waals surface area contributed by atoms with Crippen molar-refractivity contribution in [3.63, 3.8) is 0 Å². The molecule has 0 aromatic rings. The molecule has 0 aliphatic carbocycles. The van der Waals surface area contributed by atoms with Gasteiger partial charge in [0.15, 0.2) is 0 Å². The third kappa shape index (κ3) is 7.47. The van der Waals surface area contributed by atoms with Gasteiger partial charge in [-0.2, -0.15) is 14.0 Å². The first-order valence-corrected chi connectivity index (χ1v) is 3.75. The van der Waals surface area contributed by atoms with Crippen molar-refractivity contribution in [1.82, 2.24) is 0 Å². The quantitative estimate of drug-likeness (QED) is 0.368. The van der Waals surface area contributed by atoms with E-state index in [9.17, 15) is 14.0 Å². The van der Waals surface area contributed by atoms with Crippen LogP contribution >= 0.6 is 0 Å². The molecule has 1 atom stereocenters. The minimum atomic E-state index is -4.58. The van der Waals surface area contributed by atoms with Gasteiger partial charge in [0, 0.05) is 0 Å². The van der Waals surface area contributed by atoms with E-state index in [0.717, 1.165) is 6.08 Å². The van der Waals surface area contributed by atoms with Crippen molar-refractivity contribution in [3.05, 3.63) is 24.8 Å². The van der Waals surface area contributed by atoms with Crippen LogP contribution in [0.15, 0.2) is 24.8 Å². The number of halogens is 1. The molecule has 0 spiro atoms. The molecule has 0 saturated carbocycles. The number of aliphatic hydroxyl groups excluding tert-OH is 1. The van der Waals surface area contributed by atoms with Gasteiger partial charge in [0.2, 0.25) is 0 Å². The van der Waals surface area contributed by atoms with Crippen LogP contribution in [0.5, 0.6) is 0 Å². The van der Waals surface area contributed by atoms with Gasteiger partial charge in [0.25, 0.3) is 0 Å². The SMILES string of the molecule is C=C/C=C/C(O)O[Cl+3]([O-])([O-])[O-]. The predicted octanol–water partition coefficient (Wildman–Crippen LogP) is -3.04. The van der Waals surface area contributed by atoms with Gasteiger partial charge >= 0.3 is 6.29 Å². The first-order valence-electron chi connectivity index (χ1n) is 2.52. The molecule has 0 fully saturated rings. The highest BCUT2D eigenvalue weighted by atomic mass is 35.7. The Kier molecular flexibility index (Phi) is 4.27. The largest absolute Gasteiger partial charge is 0.353 e. The molecule has 64 valence electrons. The maximum atomic E-state index is 9.78. The van der Waals surface area contributed by atoms with E-state index in [4.69, 9.17) is 5.11 Å². The molecular weight excluding hydrogens is 176 g/mol. The van der Waals surface area contributed by atoms with Crippen molar-refractivity contribution in [2.75, 3.05) is 0 Å². The van der Waals surface area contributed by atoms with Crippen LogP contribution in [0.25, 0.3) is 0 Å². The number of hydrogen-bond acceptors (Lipinski definition) is 5. The average molecular weight is 183 g/mol. The average Bonchev–Trinajstić information content (AvgIpc) is 1.79. The summed E-state index contributed by atoms with van der Waals surface area (Å²) < 4.78 is 32.9. The Labute approximate surface area is 65.6 Å². The second-order valence-electron chi connectivity index (χ2n) is 1.48. The summed E-state index contributed by atoms with van der Waals surface area (Å²) in [5, 5.41) is 8.57. The van der Waals surface area contributed by atoms with Crippen LogP contribution in [-0.2, 0) is 4.29 Å². The smallest absolute Gasteiger partial charge is 0.331 e. The Morgan fingerprint density at radius 2 is 2.00 bits per heavy atom. The normalized spacial score (nSPS) is 15.3. The number of aliphatic hydroxyl groups is 1. The van der Waals surface area contributed by atoms with E-state index in [1.165, 1.54) is 12.2 Å². The van der Waals surface area contributed by atoms with Crippen LogP contribution in [0.4, 0.5) is 0 Å². The minimum Gasteiger partial charge on any atom is -0.353 e. The third-order valence-electron chi connectivity index (χ3n) is 0.612. The molecule has 0 aliphatic rings. The Hall–Kier alpha value is -0.430. The number of hydrogen-bond donors (Lipinski definition) is 1. The lowest BCUT2D eigenvalue weighted by molar-refractivity contribution is -1.92. The molecule has 0 bridgehead atoms. The van der Waals surface area contributed by atoms with E-state index in [2.05, 4.69) is 10.9 Å². The van der Waals surface area contributed by atoms with Crippen LogP contribution in [-0.4, -0.2) is 11.4 Å². The molecule has 0 aliphatic heterocycles. The van der Waals surface area contributed by atoms with Crippen molar-refractivity contribution in [3.8, 4) is 0 Å². The molecule has 0 aromatic heterocycles. The van der Waals surface area contributed by atoms with Gasteiger partial charge in [-0.15, -0.1) is 0 Å². The summed E-state index contributed by atoms with van der Waals surface area (Å²) in [6.07, 6.45) is 1.74. The maximum Gasteiger partial charge on any atom is 0.331 e. The van der Waals surface area contributed by atoms with Crippen molar-refractivity contribution in [2.45, 2.75) is 6.29 Å². The molecule has 6 heteroatoms. The van der Waals surface area contributed by atoms with Gasteiger partial charge in [0.1, 0.15) is 4.29 Å². The summed E-state index contributed by atoms with van der Waals surface area (Å²) in [5.74, 6) is 0. The fourth-order valence-corrected chi connectivity index (χ4v) is 0.598. The molecule has 11 heavy (non-hydrogen) atoms. The molecule has 0 rings (SSSR count). The van der Waals surface area contributed by atoms with Gasteiger partial charge in [-0.25, -0.2) is 0 Å². The number of rotatable bonds is 4. The standard InChI is InChI=1S/C5H7ClO5/c1-2-3-4-5(7)11-6(8,9)10/h2-5,7H,1H2/b4-3+. The van der Waals surface area contributed by atoms with Gasteiger partial charge in [-0.1, -0.05) is 18.7 Å². The summed E-state index contributed by atoms with van der Waals surface area (Å²) >= 11 is 0. The molecule has 5 nitrogen and oxygen atoms in total. The zero-order valence-electron chi connectivity index (χ0n) is 5.47. The summed E-state index contributed by atoms with van der Waals surface area (Å²) in [6.45, 7) is 3.25. The lowest BCUT2D eigenvalue weighted by Gasteiger charge is -2.13. The first-order chi connectivity index (χ1) is 4.95. The van der Waals surface area contributed by atoms with Gasteiger partial charge in [0.05, 0.1) is 10.2 Å². The predicted molar refractivity (Wildman–Crippen MR) is 26.4 cm³/mol. The summed E-state index contributed by atoms with van der Waals surface area (Å²) in [4.78, 5) is 0. The topological polar surface area (TPSA) is 98.6 Å². The molecule has 0 amide bonds. The lowest BCUT2D eigenvalue weighted by Crippen LogP contribution is -2.62. The summed E-state index contributed by atoms with van der Waals surface area (Å²) in [6, 6.07) is 0. The van der Waals surface area contributed by atoms with Crippen LogP contribution in [0.2, 0.25) is 0 Å². The Morgan fingerprint density at radius 1 is 1.45 bits per heavy atom. The first kappa shape index (κ1) is 10.6. The maximum absolute atomic E-state index is 9.78. The molecule has 0 aromatic carbocycles. The van der Waals surface area contributed by atoms with Crippen molar-refractivity contribution < 1.29 is 33.6 Å². The van der Waals surface area contributed by atoms with E-state index >= 15 is 0 Å². The fourth-order valence-electron chi connectivity index (χ4n) is 0.315. The monoisotopic (exact) mass is 182 g/mol. The van der Waals surface area contributed by atoms with Crippen LogP contribution < -0.4 is 14.0 Å². The summed E-state index contributed by atoms with van der Waals surface area (Å²) in [5.41, 5.74) is 0. The Bertz CT molecular complexity index is 149. The Balaban J connectivity index is 3.78. The van der Waals surface area contributed by atoms with E-state index in [1.54, 1.807) is 0 Å². The molecule has 0 radical (unpaired) electrons. The Morgan fingerprint density at radius 3 is 2.36 bits per heavy atom.